The van der Waals surface area contributed by atoms with E-state index in [2.05, 4.69) is 15.2 Å². The lowest BCUT2D eigenvalue weighted by atomic mass is 10.2. The first-order valence-electron chi connectivity index (χ1n) is 5.17. The number of carbonyl (C=O) groups excluding carboxylic acids is 1. The number of nitrogens with one attached hydrogen (secondary N) is 1. The molecule has 0 bridgehead atoms. The predicted octanol–water partition coefficient (Wildman–Crippen LogP) is 2.96. The van der Waals surface area contributed by atoms with Crippen molar-refractivity contribution in [2.24, 2.45) is 0 Å². The second kappa shape index (κ2) is 5.37. The lowest BCUT2D eigenvalue weighted by Gasteiger charge is -2.03. The molecule has 18 heavy (non-hydrogen) atoms. The van der Waals surface area contributed by atoms with E-state index in [0.29, 0.717) is 10.7 Å². The number of aromatic nitrogens is 3. The van der Waals surface area contributed by atoms with Crippen LogP contribution in [0.15, 0.2) is 18.3 Å². The highest BCUT2D eigenvalue weighted by atomic mass is 35.5. The minimum atomic E-state index is -0.562. The summed E-state index contributed by atoms with van der Waals surface area (Å²) >= 11 is 11.9. The van der Waals surface area contributed by atoms with Gasteiger partial charge in [0.15, 0.2) is 0 Å². The van der Waals surface area contributed by atoms with Crippen LogP contribution in [-0.2, 0) is 4.74 Å². The van der Waals surface area contributed by atoms with Gasteiger partial charge in [-0.15, -0.1) is 0 Å². The van der Waals surface area contributed by atoms with Crippen LogP contribution in [0, 0.1) is 0 Å². The Bertz CT molecular complexity index is 583. The van der Waals surface area contributed by atoms with Crippen LogP contribution >= 0.6 is 23.2 Å². The summed E-state index contributed by atoms with van der Waals surface area (Å²) in [7, 11) is 0. The average molecular weight is 286 g/mol. The van der Waals surface area contributed by atoms with E-state index < -0.39 is 5.97 Å². The van der Waals surface area contributed by atoms with Crippen LogP contribution in [0.2, 0.25) is 10.2 Å². The number of hydrogen-bond acceptors (Lipinski definition) is 4. The summed E-state index contributed by atoms with van der Waals surface area (Å²) in [6.45, 7) is 1.95. The molecule has 0 atom stereocenters. The van der Waals surface area contributed by atoms with Crippen molar-refractivity contribution in [3.63, 3.8) is 0 Å². The molecule has 2 heterocycles. The maximum atomic E-state index is 11.8. The van der Waals surface area contributed by atoms with Gasteiger partial charge in [0.1, 0.15) is 22.1 Å². The fourth-order valence-electron chi connectivity index (χ4n) is 1.44. The van der Waals surface area contributed by atoms with Gasteiger partial charge in [-0.3, -0.25) is 10.1 Å². The summed E-state index contributed by atoms with van der Waals surface area (Å²) in [6, 6.07) is 3.34. The molecular weight excluding hydrogens is 277 g/mol. The fraction of sp³-hybridized carbons (Fsp3) is 0.182. The third-order valence-corrected chi connectivity index (χ3v) is 2.76. The van der Waals surface area contributed by atoms with Crippen molar-refractivity contribution in [3.8, 4) is 11.4 Å². The minimum Gasteiger partial charge on any atom is -0.462 e. The number of rotatable bonds is 3. The van der Waals surface area contributed by atoms with Crippen LogP contribution in [0.4, 0.5) is 0 Å². The molecule has 0 aliphatic carbocycles. The van der Waals surface area contributed by atoms with Crippen LogP contribution in [0.5, 0.6) is 0 Å². The van der Waals surface area contributed by atoms with Gasteiger partial charge in [-0.2, -0.15) is 5.10 Å². The summed E-state index contributed by atoms with van der Waals surface area (Å²) in [5.74, 6) is -0.562. The van der Waals surface area contributed by atoms with Gasteiger partial charge < -0.3 is 4.74 Å². The van der Waals surface area contributed by atoms with E-state index in [-0.39, 0.29) is 23.0 Å². The monoisotopic (exact) mass is 285 g/mol. The zero-order valence-electron chi connectivity index (χ0n) is 9.41. The Balaban J connectivity index is 2.53. The first-order valence-corrected chi connectivity index (χ1v) is 5.92. The Morgan fingerprint density at radius 3 is 2.89 bits per heavy atom. The molecule has 0 saturated carbocycles. The van der Waals surface area contributed by atoms with E-state index in [0.717, 1.165) is 0 Å². The molecule has 5 nitrogen and oxygen atoms in total. The molecular formula is C11H9Cl2N3O2. The van der Waals surface area contributed by atoms with E-state index in [4.69, 9.17) is 27.9 Å². The Labute approximate surface area is 113 Å². The smallest absolute Gasteiger partial charge is 0.343 e. The molecule has 7 heteroatoms. The van der Waals surface area contributed by atoms with Crippen LogP contribution in [-0.4, -0.2) is 27.8 Å². The number of halogens is 2. The molecule has 0 amide bonds. The van der Waals surface area contributed by atoms with E-state index in [1.807, 2.05) is 0 Å². The minimum absolute atomic E-state index is 0.102. The van der Waals surface area contributed by atoms with Gasteiger partial charge in [0.25, 0.3) is 0 Å². The number of aromatic amines is 1. The van der Waals surface area contributed by atoms with Crippen molar-refractivity contribution in [1.82, 2.24) is 15.2 Å². The quantitative estimate of drug-likeness (QED) is 0.881. The van der Waals surface area contributed by atoms with Crippen LogP contribution in [0.25, 0.3) is 11.4 Å². The number of pyridine rings is 1. The molecule has 2 aromatic heterocycles. The summed E-state index contributed by atoms with van der Waals surface area (Å²) in [6.07, 6.45) is 1.55. The van der Waals surface area contributed by atoms with Crippen LogP contribution in [0.1, 0.15) is 17.3 Å². The largest absolute Gasteiger partial charge is 0.462 e. The second-order valence-corrected chi connectivity index (χ2v) is 4.10. The van der Waals surface area contributed by atoms with Gasteiger partial charge in [0, 0.05) is 6.20 Å². The van der Waals surface area contributed by atoms with Crippen molar-refractivity contribution in [1.29, 1.82) is 0 Å². The SMILES string of the molecule is CCOC(=O)c1c(-c2ncccc2Cl)n[nH]c1Cl. The Kier molecular flexibility index (Phi) is 3.84. The summed E-state index contributed by atoms with van der Waals surface area (Å²) in [4.78, 5) is 15.9. The average Bonchev–Trinajstić information content (AvgIpc) is 2.72. The molecule has 0 aromatic carbocycles. The standard InChI is InChI=1S/C11H9Cl2N3O2/c1-2-18-11(17)7-9(15-16-10(7)13)8-6(12)4-3-5-14-8/h3-5H,2H2,1H3,(H,15,16). The van der Waals surface area contributed by atoms with Crippen molar-refractivity contribution in [3.05, 3.63) is 34.1 Å². The third kappa shape index (κ3) is 2.32. The van der Waals surface area contributed by atoms with E-state index >= 15 is 0 Å². The molecule has 2 aromatic rings. The molecule has 0 spiro atoms. The maximum absolute atomic E-state index is 11.8. The van der Waals surface area contributed by atoms with E-state index in [1.165, 1.54) is 0 Å². The van der Waals surface area contributed by atoms with Crippen molar-refractivity contribution in [2.75, 3.05) is 6.61 Å². The molecule has 0 aliphatic heterocycles. The fourth-order valence-corrected chi connectivity index (χ4v) is 1.86. The predicted molar refractivity (Wildman–Crippen MR) is 67.8 cm³/mol. The molecule has 0 saturated heterocycles. The Hall–Kier alpha value is -1.59. The first-order chi connectivity index (χ1) is 8.65. The Morgan fingerprint density at radius 2 is 2.22 bits per heavy atom. The molecule has 2 rings (SSSR count). The highest BCUT2D eigenvalue weighted by molar-refractivity contribution is 6.35. The summed E-state index contributed by atoms with van der Waals surface area (Å²) in [5, 5.41) is 6.95. The van der Waals surface area contributed by atoms with Crippen molar-refractivity contribution in [2.45, 2.75) is 6.92 Å². The number of carbonyl (C=O) groups is 1. The molecule has 0 aliphatic rings. The molecule has 0 radical (unpaired) electrons. The van der Waals surface area contributed by atoms with Crippen LogP contribution < -0.4 is 0 Å². The van der Waals surface area contributed by atoms with Gasteiger partial charge in [-0.1, -0.05) is 23.2 Å². The molecule has 0 fully saturated rings. The zero-order valence-corrected chi connectivity index (χ0v) is 10.9. The number of ether oxygens (including phenoxy) is 1. The number of hydrogen-bond donors (Lipinski definition) is 1. The second-order valence-electron chi connectivity index (χ2n) is 3.32. The summed E-state index contributed by atoms with van der Waals surface area (Å²) < 4.78 is 4.91. The van der Waals surface area contributed by atoms with Gasteiger partial charge in [0.2, 0.25) is 0 Å². The third-order valence-electron chi connectivity index (χ3n) is 2.18. The topological polar surface area (TPSA) is 67.9 Å². The van der Waals surface area contributed by atoms with Gasteiger partial charge in [-0.25, -0.2) is 4.79 Å². The highest BCUT2D eigenvalue weighted by Crippen LogP contribution is 2.30. The normalized spacial score (nSPS) is 10.4. The highest BCUT2D eigenvalue weighted by Gasteiger charge is 2.23. The van der Waals surface area contributed by atoms with Gasteiger partial charge >= 0.3 is 5.97 Å². The maximum Gasteiger partial charge on any atom is 0.343 e. The molecule has 0 unspecified atom stereocenters. The van der Waals surface area contributed by atoms with Gasteiger partial charge in [0.05, 0.1) is 11.6 Å². The van der Waals surface area contributed by atoms with E-state index in [1.54, 1.807) is 25.3 Å². The molecule has 1 N–H and O–H groups in total. The zero-order chi connectivity index (χ0) is 13.1. The van der Waals surface area contributed by atoms with Gasteiger partial charge in [-0.05, 0) is 19.1 Å². The summed E-state index contributed by atoms with van der Waals surface area (Å²) in [5.41, 5.74) is 0.800. The van der Waals surface area contributed by atoms with E-state index in [9.17, 15) is 4.79 Å². The first kappa shape index (κ1) is 12.9. The number of esters is 1. The Morgan fingerprint density at radius 1 is 1.44 bits per heavy atom. The molecule has 94 valence electrons. The van der Waals surface area contributed by atoms with Crippen LogP contribution in [0.3, 0.4) is 0 Å². The lowest BCUT2D eigenvalue weighted by Crippen LogP contribution is -2.06. The number of H-pyrrole nitrogens is 1. The lowest BCUT2D eigenvalue weighted by molar-refractivity contribution is 0.0527. The van der Waals surface area contributed by atoms with Crippen molar-refractivity contribution < 1.29 is 9.53 Å². The number of nitrogens with zero attached hydrogens (tertiary/aromatic N) is 2. The van der Waals surface area contributed by atoms with Crippen molar-refractivity contribution >= 4 is 29.2 Å².